The number of allylic oxidation sites excluding steroid dienone is 4. The molecule has 0 amide bonds. The summed E-state index contributed by atoms with van der Waals surface area (Å²) in [7, 11) is 0. The van der Waals surface area contributed by atoms with Gasteiger partial charge in [-0.2, -0.15) is 17.6 Å². The molecule has 0 heterocycles. The van der Waals surface area contributed by atoms with Crippen LogP contribution in [0.15, 0.2) is 110 Å². The van der Waals surface area contributed by atoms with Gasteiger partial charge in [0.1, 0.15) is 17.4 Å². The zero-order chi connectivity index (χ0) is 29.2. The van der Waals surface area contributed by atoms with Gasteiger partial charge in [0, 0.05) is 18.7 Å². The molecule has 0 aliphatic heterocycles. The van der Waals surface area contributed by atoms with Gasteiger partial charge in [-0.25, -0.2) is 8.78 Å². The molecule has 0 aliphatic carbocycles. The molecule has 0 aliphatic rings. The van der Waals surface area contributed by atoms with Gasteiger partial charge in [0.25, 0.3) is 0 Å². The van der Waals surface area contributed by atoms with Gasteiger partial charge in [0.2, 0.25) is 0 Å². The molecule has 2 atom stereocenters. The van der Waals surface area contributed by atoms with Crippen LogP contribution in [0.1, 0.15) is 23.1 Å². The fourth-order valence-corrected chi connectivity index (χ4v) is 4.24. The van der Waals surface area contributed by atoms with E-state index in [1.807, 2.05) is 30.3 Å². The minimum Gasteiger partial charge on any atom is -0.428 e. The molecule has 3 aromatic rings. The standard InChI is InChI=1S/C31H30F6N2O/c1-2-3-4-5-9-16-30(23-12-14-25(32)15-13-23,39-21-27(38)17-22-10-7-6-8-11-22)24-18-26(33)20-28(19-24)40-31(36,37)29(34)35/h2-15,18-20,27,29,39H,1,16-17,21,38H2/b4-3-,9-5+/t27-,30-/m1/s1. The van der Waals surface area contributed by atoms with Crippen LogP contribution in [0, 0.1) is 11.6 Å². The van der Waals surface area contributed by atoms with Gasteiger partial charge < -0.3 is 15.8 Å². The Balaban J connectivity index is 2.10. The Morgan fingerprint density at radius 2 is 1.57 bits per heavy atom. The summed E-state index contributed by atoms with van der Waals surface area (Å²) in [5.41, 5.74) is 6.59. The molecule has 212 valence electrons. The first-order valence-corrected chi connectivity index (χ1v) is 12.5. The second-order valence-electron chi connectivity index (χ2n) is 9.14. The highest BCUT2D eigenvalue weighted by atomic mass is 19.3. The number of nitrogens with two attached hydrogens (primary N) is 1. The van der Waals surface area contributed by atoms with Crippen molar-refractivity contribution in [1.29, 1.82) is 0 Å². The second kappa shape index (κ2) is 14.0. The van der Waals surface area contributed by atoms with Crippen LogP contribution in [0.3, 0.4) is 0 Å². The third kappa shape index (κ3) is 8.34. The molecule has 3 nitrogen and oxygen atoms in total. The first kappa shape index (κ1) is 30.7. The van der Waals surface area contributed by atoms with Crippen molar-refractivity contribution < 1.29 is 31.1 Å². The van der Waals surface area contributed by atoms with Crippen molar-refractivity contribution in [3.05, 3.63) is 138 Å². The van der Waals surface area contributed by atoms with Gasteiger partial charge >= 0.3 is 12.5 Å². The molecule has 0 saturated heterocycles. The minimum atomic E-state index is -4.84. The van der Waals surface area contributed by atoms with Gasteiger partial charge in [-0.3, -0.25) is 0 Å². The van der Waals surface area contributed by atoms with Crippen LogP contribution in [0.25, 0.3) is 0 Å². The maximum Gasteiger partial charge on any atom is 0.461 e. The molecule has 0 aromatic heterocycles. The second-order valence-corrected chi connectivity index (χ2v) is 9.14. The third-order valence-electron chi connectivity index (χ3n) is 6.13. The van der Waals surface area contributed by atoms with Crippen LogP contribution < -0.4 is 15.8 Å². The topological polar surface area (TPSA) is 47.3 Å². The molecule has 40 heavy (non-hydrogen) atoms. The lowest BCUT2D eigenvalue weighted by atomic mass is 9.79. The van der Waals surface area contributed by atoms with Gasteiger partial charge in [-0.1, -0.05) is 79.4 Å². The zero-order valence-electron chi connectivity index (χ0n) is 21.6. The number of ether oxygens (including phenoxy) is 1. The van der Waals surface area contributed by atoms with E-state index in [4.69, 9.17) is 5.73 Å². The summed E-state index contributed by atoms with van der Waals surface area (Å²) in [5, 5.41) is 3.34. The van der Waals surface area contributed by atoms with Crippen molar-refractivity contribution in [3.63, 3.8) is 0 Å². The maximum atomic E-state index is 14.8. The van der Waals surface area contributed by atoms with Crippen LogP contribution >= 0.6 is 0 Å². The number of benzene rings is 3. The van der Waals surface area contributed by atoms with Crippen molar-refractivity contribution in [2.45, 2.75) is 37.0 Å². The highest BCUT2D eigenvalue weighted by Crippen LogP contribution is 2.38. The maximum absolute atomic E-state index is 14.8. The number of alkyl halides is 4. The smallest absolute Gasteiger partial charge is 0.428 e. The van der Waals surface area contributed by atoms with E-state index in [1.54, 1.807) is 30.4 Å². The fourth-order valence-electron chi connectivity index (χ4n) is 4.24. The number of hydrogen-bond donors (Lipinski definition) is 2. The molecule has 0 fully saturated rings. The average molecular weight is 561 g/mol. The predicted octanol–water partition coefficient (Wildman–Crippen LogP) is 7.29. The van der Waals surface area contributed by atoms with E-state index in [2.05, 4.69) is 16.6 Å². The largest absolute Gasteiger partial charge is 0.461 e. The van der Waals surface area contributed by atoms with Crippen LogP contribution in [0.5, 0.6) is 5.75 Å². The molecular formula is C31H30F6N2O. The van der Waals surface area contributed by atoms with E-state index in [0.717, 1.165) is 17.7 Å². The Hall–Kier alpha value is -3.82. The van der Waals surface area contributed by atoms with Crippen LogP contribution in [-0.2, 0) is 12.0 Å². The van der Waals surface area contributed by atoms with Gasteiger partial charge in [-0.05, 0) is 53.8 Å². The third-order valence-corrected chi connectivity index (χ3v) is 6.13. The molecule has 0 bridgehead atoms. The lowest BCUT2D eigenvalue weighted by Gasteiger charge is -2.37. The minimum absolute atomic E-state index is 0.0865. The normalized spacial score (nSPS) is 14.5. The Kier molecular flexibility index (Phi) is 10.8. The monoisotopic (exact) mass is 560 g/mol. The van der Waals surface area contributed by atoms with E-state index < -0.39 is 41.5 Å². The lowest BCUT2D eigenvalue weighted by Crippen LogP contribution is -2.49. The number of hydrogen-bond acceptors (Lipinski definition) is 3. The zero-order valence-corrected chi connectivity index (χ0v) is 21.6. The first-order valence-electron chi connectivity index (χ1n) is 12.5. The van der Waals surface area contributed by atoms with Crippen molar-refractivity contribution in [1.82, 2.24) is 5.32 Å². The highest BCUT2D eigenvalue weighted by Gasteiger charge is 2.44. The summed E-state index contributed by atoms with van der Waals surface area (Å²) in [6, 6.07) is 17.1. The molecule has 3 rings (SSSR count). The van der Waals surface area contributed by atoms with Gasteiger partial charge in [0.05, 0.1) is 5.54 Å². The Morgan fingerprint density at radius 1 is 0.875 bits per heavy atom. The van der Waals surface area contributed by atoms with Crippen molar-refractivity contribution in [2.24, 2.45) is 5.73 Å². The summed E-state index contributed by atoms with van der Waals surface area (Å²) >= 11 is 0. The first-order chi connectivity index (χ1) is 19.1. The summed E-state index contributed by atoms with van der Waals surface area (Å²) < 4.78 is 86.1. The van der Waals surface area contributed by atoms with Crippen LogP contribution in [0.2, 0.25) is 0 Å². The van der Waals surface area contributed by atoms with Crippen molar-refractivity contribution in [3.8, 4) is 5.75 Å². The van der Waals surface area contributed by atoms with Crippen molar-refractivity contribution in [2.75, 3.05) is 6.54 Å². The Bertz CT molecular complexity index is 1290. The highest BCUT2D eigenvalue weighted by molar-refractivity contribution is 5.43. The van der Waals surface area contributed by atoms with Gasteiger partial charge in [-0.15, -0.1) is 0 Å². The molecule has 0 saturated carbocycles. The summed E-state index contributed by atoms with van der Waals surface area (Å²) in [6.07, 6.45) is 0.0190. The molecular weight excluding hydrogens is 530 g/mol. The average Bonchev–Trinajstić information content (AvgIpc) is 2.91. The molecule has 0 spiro atoms. The van der Waals surface area contributed by atoms with E-state index in [1.165, 1.54) is 24.3 Å². The number of rotatable bonds is 14. The van der Waals surface area contributed by atoms with Crippen molar-refractivity contribution >= 4 is 0 Å². The number of nitrogens with one attached hydrogen (secondary N) is 1. The molecule has 3 aromatic carbocycles. The Morgan fingerprint density at radius 3 is 2.23 bits per heavy atom. The summed E-state index contributed by atoms with van der Waals surface area (Å²) in [4.78, 5) is 0. The molecule has 0 unspecified atom stereocenters. The fraction of sp³-hybridized carbons (Fsp3) is 0.226. The summed E-state index contributed by atoms with van der Waals surface area (Å²) in [6.45, 7) is 3.77. The quantitative estimate of drug-likeness (QED) is 0.161. The van der Waals surface area contributed by atoms with E-state index in [-0.39, 0.29) is 18.5 Å². The lowest BCUT2D eigenvalue weighted by molar-refractivity contribution is -0.253. The van der Waals surface area contributed by atoms with E-state index in [0.29, 0.717) is 18.1 Å². The SMILES string of the molecule is C=C/C=C\C=C\C[C@@](NC[C@H](N)Cc1ccccc1)(c1ccc(F)cc1)c1cc(F)cc(OC(F)(F)C(F)F)c1. The summed E-state index contributed by atoms with van der Waals surface area (Å²) in [5.74, 6) is -2.31. The van der Waals surface area contributed by atoms with Crippen LogP contribution in [-0.4, -0.2) is 25.1 Å². The van der Waals surface area contributed by atoms with E-state index >= 15 is 0 Å². The molecule has 0 radical (unpaired) electrons. The molecule has 3 N–H and O–H groups in total. The molecule has 9 heteroatoms. The van der Waals surface area contributed by atoms with Gasteiger partial charge in [0.15, 0.2) is 0 Å². The van der Waals surface area contributed by atoms with E-state index in [9.17, 15) is 26.3 Å². The number of halogens is 6. The predicted molar refractivity (Wildman–Crippen MR) is 144 cm³/mol. The van der Waals surface area contributed by atoms with Crippen LogP contribution in [0.4, 0.5) is 26.3 Å². The Labute approximate surface area is 229 Å².